The summed E-state index contributed by atoms with van der Waals surface area (Å²) >= 11 is 0. The van der Waals surface area contributed by atoms with Gasteiger partial charge in [0.15, 0.2) is 0 Å². The Morgan fingerprint density at radius 2 is 1.88 bits per heavy atom. The molecule has 0 saturated carbocycles. The van der Waals surface area contributed by atoms with E-state index in [0.29, 0.717) is 30.6 Å². The topological polar surface area (TPSA) is 90.5 Å². The summed E-state index contributed by atoms with van der Waals surface area (Å²) < 4.78 is 25.2. The third kappa shape index (κ3) is 4.21. The molecule has 7 heteroatoms. The molecule has 2 heterocycles. The highest BCUT2D eigenvalue weighted by molar-refractivity contribution is 7.88. The van der Waals surface area contributed by atoms with Gasteiger partial charge in [-0.2, -0.15) is 4.31 Å². The van der Waals surface area contributed by atoms with Gasteiger partial charge in [-0.25, -0.2) is 13.2 Å². The van der Waals surface area contributed by atoms with E-state index in [4.69, 9.17) is 0 Å². The third-order valence-electron chi connectivity index (χ3n) is 6.13. The standard InChI is InChI=1S/C27H22N2O4S/c1-34(32,33)29-14-12-21-15-18(6-8-23(21)17-29)5-7-20-3-2-4-24(27(30)31)26(20)22-10-9-19-11-13-28-25(19)16-22/h2-4,6,8-11,13,15-16,28H,12,14,17H2,1H3,(H,30,31). The van der Waals surface area contributed by atoms with Crippen LogP contribution in [0.25, 0.3) is 22.0 Å². The molecule has 0 spiro atoms. The van der Waals surface area contributed by atoms with Crippen LogP contribution in [0.3, 0.4) is 0 Å². The van der Waals surface area contributed by atoms with Crippen LogP contribution in [0, 0.1) is 11.8 Å². The molecule has 0 atom stereocenters. The smallest absolute Gasteiger partial charge is 0.336 e. The molecule has 3 aromatic carbocycles. The number of carboxylic acids is 1. The second kappa shape index (κ2) is 8.49. The van der Waals surface area contributed by atoms with E-state index in [1.807, 2.05) is 54.7 Å². The number of carboxylic acid groups (broad SMARTS) is 1. The van der Waals surface area contributed by atoms with Crippen molar-refractivity contribution in [3.63, 3.8) is 0 Å². The van der Waals surface area contributed by atoms with Crippen molar-refractivity contribution < 1.29 is 18.3 Å². The van der Waals surface area contributed by atoms with Crippen LogP contribution >= 0.6 is 0 Å². The lowest BCUT2D eigenvalue weighted by atomic mass is 9.93. The number of aromatic carboxylic acids is 1. The van der Waals surface area contributed by atoms with Crippen molar-refractivity contribution in [2.75, 3.05) is 12.8 Å². The second-order valence-corrected chi connectivity index (χ2v) is 10.4. The molecule has 1 aliphatic heterocycles. The van der Waals surface area contributed by atoms with E-state index in [9.17, 15) is 18.3 Å². The van der Waals surface area contributed by atoms with Gasteiger partial charge < -0.3 is 10.1 Å². The van der Waals surface area contributed by atoms with Crippen LogP contribution in [0.15, 0.2) is 66.9 Å². The Kier molecular flexibility index (Phi) is 5.48. The van der Waals surface area contributed by atoms with Gasteiger partial charge in [-0.05, 0) is 64.9 Å². The van der Waals surface area contributed by atoms with Gasteiger partial charge in [0.05, 0.1) is 11.8 Å². The molecule has 2 N–H and O–H groups in total. The molecule has 1 aromatic heterocycles. The van der Waals surface area contributed by atoms with E-state index < -0.39 is 16.0 Å². The highest BCUT2D eigenvalue weighted by Crippen LogP contribution is 2.30. The fourth-order valence-electron chi connectivity index (χ4n) is 4.38. The van der Waals surface area contributed by atoms with Crippen molar-refractivity contribution >= 4 is 26.9 Å². The SMILES string of the molecule is CS(=O)(=O)N1CCc2cc(C#Cc3cccc(C(=O)O)c3-c3ccc4cc[nH]c4c3)ccc2C1. The lowest BCUT2D eigenvalue weighted by Gasteiger charge is -2.26. The number of rotatable bonds is 3. The van der Waals surface area contributed by atoms with Crippen molar-refractivity contribution in [1.29, 1.82) is 0 Å². The average Bonchev–Trinajstić information content (AvgIpc) is 3.29. The number of hydrogen-bond donors (Lipinski definition) is 2. The summed E-state index contributed by atoms with van der Waals surface area (Å²) in [6, 6.07) is 18.7. The summed E-state index contributed by atoms with van der Waals surface area (Å²) in [5.74, 6) is 5.35. The normalized spacial score (nSPS) is 13.8. The molecule has 170 valence electrons. The Hall–Kier alpha value is -3.86. The summed E-state index contributed by atoms with van der Waals surface area (Å²) in [5.41, 5.74) is 5.99. The maximum Gasteiger partial charge on any atom is 0.336 e. The Balaban J connectivity index is 1.54. The zero-order valence-electron chi connectivity index (χ0n) is 18.5. The van der Waals surface area contributed by atoms with E-state index in [2.05, 4.69) is 16.8 Å². The van der Waals surface area contributed by atoms with Gasteiger partial charge in [-0.1, -0.05) is 36.1 Å². The van der Waals surface area contributed by atoms with Crippen molar-refractivity contribution in [2.45, 2.75) is 13.0 Å². The van der Waals surface area contributed by atoms with Crippen LogP contribution in [-0.4, -0.2) is 41.6 Å². The van der Waals surface area contributed by atoms with Crippen LogP contribution in [0.5, 0.6) is 0 Å². The zero-order valence-corrected chi connectivity index (χ0v) is 19.3. The van der Waals surface area contributed by atoms with Crippen LogP contribution in [0.2, 0.25) is 0 Å². The minimum absolute atomic E-state index is 0.198. The fraction of sp³-hybridized carbons (Fsp3) is 0.148. The fourth-order valence-corrected chi connectivity index (χ4v) is 5.17. The van der Waals surface area contributed by atoms with E-state index in [1.165, 1.54) is 10.6 Å². The van der Waals surface area contributed by atoms with Gasteiger partial charge in [-0.3, -0.25) is 0 Å². The minimum atomic E-state index is -3.22. The van der Waals surface area contributed by atoms with E-state index in [1.54, 1.807) is 12.1 Å². The molecule has 0 radical (unpaired) electrons. The van der Waals surface area contributed by atoms with Gasteiger partial charge in [0.2, 0.25) is 10.0 Å². The summed E-state index contributed by atoms with van der Waals surface area (Å²) in [5, 5.41) is 10.9. The number of nitrogens with zero attached hydrogens (tertiary/aromatic N) is 1. The maximum absolute atomic E-state index is 12.0. The van der Waals surface area contributed by atoms with Crippen molar-refractivity contribution in [3.8, 4) is 23.0 Å². The quantitative estimate of drug-likeness (QED) is 0.438. The van der Waals surface area contributed by atoms with E-state index in [-0.39, 0.29) is 5.56 Å². The lowest BCUT2D eigenvalue weighted by Crippen LogP contribution is -2.35. The van der Waals surface area contributed by atoms with Gasteiger partial charge in [0, 0.05) is 41.5 Å². The number of carbonyl (C=O) groups is 1. The first kappa shape index (κ1) is 22.0. The first-order valence-electron chi connectivity index (χ1n) is 10.8. The van der Waals surface area contributed by atoms with Crippen molar-refractivity contribution in [1.82, 2.24) is 9.29 Å². The van der Waals surface area contributed by atoms with Gasteiger partial charge in [-0.15, -0.1) is 0 Å². The molecule has 5 rings (SSSR count). The average molecular weight is 471 g/mol. The van der Waals surface area contributed by atoms with E-state index >= 15 is 0 Å². The molecule has 34 heavy (non-hydrogen) atoms. The molecular weight excluding hydrogens is 448 g/mol. The molecule has 0 bridgehead atoms. The largest absolute Gasteiger partial charge is 0.478 e. The van der Waals surface area contributed by atoms with Gasteiger partial charge in [0.1, 0.15) is 0 Å². The first-order valence-corrected chi connectivity index (χ1v) is 12.7. The van der Waals surface area contributed by atoms with Crippen LogP contribution in [0.1, 0.15) is 32.6 Å². The maximum atomic E-state index is 12.0. The predicted molar refractivity (Wildman–Crippen MR) is 132 cm³/mol. The molecule has 0 unspecified atom stereocenters. The predicted octanol–water partition coefficient (Wildman–Crippen LogP) is 4.25. The second-order valence-electron chi connectivity index (χ2n) is 8.39. The number of aromatic nitrogens is 1. The minimum Gasteiger partial charge on any atom is -0.478 e. The molecule has 4 aromatic rings. The van der Waals surface area contributed by atoms with Crippen molar-refractivity contribution in [2.24, 2.45) is 0 Å². The van der Waals surface area contributed by atoms with Gasteiger partial charge in [0.25, 0.3) is 0 Å². The molecule has 0 saturated heterocycles. The van der Waals surface area contributed by atoms with Crippen LogP contribution in [0.4, 0.5) is 0 Å². The van der Waals surface area contributed by atoms with E-state index in [0.717, 1.165) is 33.2 Å². The van der Waals surface area contributed by atoms with Crippen molar-refractivity contribution in [3.05, 3.63) is 94.7 Å². The Morgan fingerprint density at radius 1 is 1.03 bits per heavy atom. The Morgan fingerprint density at radius 3 is 2.68 bits per heavy atom. The highest BCUT2D eigenvalue weighted by atomic mass is 32.2. The highest BCUT2D eigenvalue weighted by Gasteiger charge is 2.23. The Bertz CT molecular complexity index is 1610. The van der Waals surface area contributed by atoms with Crippen LogP contribution < -0.4 is 0 Å². The summed E-state index contributed by atoms with van der Waals surface area (Å²) in [4.78, 5) is 15.2. The van der Waals surface area contributed by atoms with Gasteiger partial charge >= 0.3 is 5.97 Å². The molecule has 0 amide bonds. The van der Waals surface area contributed by atoms with Crippen LogP contribution in [-0.2, 0) is 23.0 Å². The number of aromatic amines is 1. The summed E-state index contributed by atoms with van der Waals surface area (Å²) in [7, 11) is -3.22. The lowest BCUT2D eigenvalue weighted by molar-refractivity contribution is 0.0697. The summed E-state index contributed by atoms with van der Waals surface area (Å²) in [6.45, 7) is 0.822. The molecule has 6 nitrogen and oxygen atoms in total. The molecule has 0 aliphatic carbocycles. The number of sulfonamides is 1. The number of nitrogens with one attached hydrogen (secondary N) is 1. The molecule has 0 fully saturated rings. The number of hydrogen-bond acceptors (Lipinski definition) is 3. The summed E-state index contributed by atoms with van der Waals surface area (Å²) in [6.07, 6.45) is 3.71. The number of H-pyrrole nitrogens is 1. The number of fused-ring (bicyclic) bond motifs is 2. The zero-order chi connectivity index (χ0) is 23.9. The monoisotopic (exact) mass is 470 g/mol. The number of benzene rings is 3. The molecule has 1 aliphatic rings. The first-order chi connectivity index (χ1) is 16.3. The Labute approximate surface area is 197 Å². The molecular formula is C27H22N2O4S. The third-order valence-corrected chi connectivity index (χ3v) is 7.38.